The van der Waals surface area contributed by atoms with Gasteiger partial charge in [0.1, 0.15) is 11.6 Å². The Kier molecular flexibility index (Phi) is 5.41. The van der Waals surface area contributed by atoms with Crippen molar-refractivity contribution in [3.8, 4) is 5.75 Å². The Morgan fingerprint density at radius 2 is 1.63 bits per heavy atom. The van der Waals surface area contributed by atoms with Gasteiger partial charge >= 0.3 is 0 Å². The molecule has 0 radical (unpaired) electrons. The second-order valence-electron chi connectivity index (χ2n) is 6.51. The third kappa shape index (κ3) is 4.44. The summed E-state index contributed by atoms with van der Waals surface area (Å²) in [7, 11) is 1.59. The lowest BCUT2D eigenvalue weighted by Crippen LogP contribution is -2.12. The highest BCUT2D eigenvalue weighted by Gasteiger charge is 2.08. The van der Waals surface area contributed by atoms with Gasteiger partial charge in [0.2, 0.25) is 0 Å². The summed E-state index contributed by atoms with van der Waals surface area (Å²) < 4.78 is 5.10. The molecular formula is C22H23N3O2. The molecule has 1 heterocycles. The molecule has 1 aromatic heterocycles. The van der Waals surface area contributed by atoms with Gasteiger partial charge in [0.05, 0.1) is 19.0 Å². The topological polar surface area (TPSA) is 63.2 Å². The summed E-state index contributed by atoms with van der Waals surface area (Å²) >= 11 is 0. The zero-order valence-corrected chi connectivity index (χ0v) is 16.0. The molecule has 1 amide bonds. The summed E-state index contributed by atoms with van der Waals surface area (Å²) in [6.45, 7) is 6.25. The number of ether oxygens (including phenoxy) is 1. The SMILES string of the molecule is COc1ccc(C(=O)Nc2ccc(Nc3c(C)cc(C)cc3C)cn2)cc1. The van der Waals surface area contributed by atoms with E-state index in [1.807, 2.05) is 6.07 Å². The number of nitrogens with zero attached hydrogens (tertiary/aromatic N) is 1. The monoisotopic (exact) mass is 361 g/mol. The predicted molar refractivity (Wildman–Crippen MR) is 109 cm³/mol. The number of carbonyl (C=O) groups excluding carboxylic acids is 1. The van der Waals surface area contributed by atoms with Gasteiger partial charge in [-0.25, -0.2) is 4.98 Å². The molecule has 27 heavy (non-hydrogen) atoms. The molecule has 0 unspecified atom stereocenters. The Morgan fingerprint density at radius 1 is 0.963 bits per heavy atom. The standard InChI is InChI=1S/C22H23N3O2/c1-14-11-15(2)21(16(3)12-14)24-18-7-10-20(23-13-18)25-22(26)17-5-8-19(27-4)9-6-17/h5-13,24H,1-4H3,(H,23,25,26). The van der Waals surface area contributed by atoms with Crippen LogP contribution in [-0.4, -0.2) is 18.0 Å². The molecule has 0 aliphatic carbocycles. The lowest BCUT2D eigenvalue weighted by molar-refractivity contribution is 0.102. The molecule has 0 aliphatic heterocycles. The smallest absolute Gasteiger partial charge is 0.256 e. The van der Waals surface area contributed by atoms with Crippen molar-refractivity contribution in [1.82, 2.24) is 4.98 Å². The van der Waals surface area contributed by atoms with E-state index in [1.54, 1.807) is 43.6 Å². The number of methoxy groups -OCH3 is 1. The molecular weight excluding hydrogens is 338 g/mol. The molecule has 2 N–H and O–H groups in total. The van der Waals surface area contributed by atoms with Crippen LogP contribution in [0.5, 0.6) is 5.75 Å². The van der Waals surface area contributed by atoms with Crippen LogP contribution in [0.2, 0.25) is 0 Å². The minimum absolute atomic E-state index is 0.212. The third-order valence-corrected chi connectivity index (χ3v) is 4.30. The van der Waals surface area contributed by atoms with Gasteiger partial charge in [0.25, 0.3) is 5.91 Å². The second-order valence-corrected chi connectivity index (χ2v) is 6.51. The maximum atomic E-state index is 12.3. The number of nitrogens with one attached hydrogen (secondary N) is 2. The Labute approximate surface area is 159 Å². The first-order chi connectivity index (χ1) is 13.0. The minimum Gasteiger partial charge on any atom is -0.497 e. The summed E-state index contributed by atoms with van der Waals surface area (Å²) in [6.07, 6.45) is 1.71. The van der Waals surface area contributed by atoms with Crippen LogP contribution < -0.4 is 15.4 Å². The van der Waals surface area contributed by atoms with Crippen LogP contribution in [0.25, 0.3) is 0 Å². The van der Waals surface area contributed by atoms with E-state index in [1.165, 1.54) is 16.7 Å². The van der Waals surface area contributed by atoms with Gasteiger partial charge in [-0.1, -0.05) is 17.7 Å². The number of aryl methyl sites for hydroxylation is 3. The molecule has 3 rings (SSSR count). The molecule has 0 atom stereocenters. The summed E-state index contributed by atoms with van der Waals surface area (Å²) in [4.78, 5) is 16.6. The summed E-state index contributed by atoms with van der Waals surface area (Å²) in [6, 6.07) is 14.9. The highest BCUT2D eigenvalue weighted by atomic mass is 16.5. The summed E-state index contributed by atoms with van der Waals surface area (Å²) in [5.41, 5.74) is 6.11. The van der Waals surface area contributed by atoms with Crippen LogP contribution in [0.15, 0.2) is 54.7 Å². The van der Waals surface area contributed by atoms with Crippen molar-refractivity contribution in [3.63, 3.8) is 0 Å². The van der Waals surface area contributed by atoms with Gasteiger partial charge in [-0.3, -0.25) is 4.79 Å². The number of hydrogen-bond acceptors (Lipinski definition) is 4. The number of benzene rings is 2. The van der Waals surface area contributed by atoms with Crippen molar-refractivity contribution >= 4 is 23.1 Å². The first kappa shape index (κ1) is 18.5. The van der Waals surface area contributed by atoms with Crippen molar-refractivity contribution in [2.75, 3.05) is 17.7 Å². The highest BCUT2D eigenvalue weighted by Crippen LogP contribution is 2.26. The molecule has 0 spiro atoms. The molecule has 0 bridgehead atoms. The zero-order valence-electron chi connectivity index (χ0n) is 16.0. The first-order valence-electron chi connectivity index (χ1n) is 8.72. The fourth-order valence-electron chi connectivity index (χ4n) is 2.99. The van der Waals surface area contributed by atoms with E-state index in [2.05, 4.69) is 48.5 Å². The predicted octanol–water partition coefficient (Wildman–Crippen LogP) is 5.01. The van der Waals surface area contributed by atoms with E-state index in [0.29, 0.717) is 17.1 Å². The van der Waals surface area contributed by atoms with Crippen LogP contribution >= 0.6 is 0 Å². The van der Waals surface area contributed by atoms with Crippen molar-refractivity contribution < 1.29 is 9.53 Å². The lowest BCUT2D eigenvalue weighted by atomic mass is 10.0. The zero-order chi connectivity index (χ0) is 19.4. The van der Waals surface area contributed by atoms with Gasteiger partial charge in [0.15, 0.2) is 0 Å². The van der Waals surface area contributed by atoms with Crippen molar-refractivity contribution in [3.05, 3.63) is 77.0 Å². The average Bonchev–Trinajstić information content (AvgIpc) is 2.66. The number of pyridine rings is 1. The van der Waals surface area contributed by atoms with Crippen LogP contribution in [0.3, 0.4) is 0 Å². The van der Waals surface area contributed by atoms with E-state index in [0.717, 1.165) is 11.4 Å². The first-order valence-corrected chi connectivity index (χ1v) is 8.72. The van der Waals surface area contributed by atoms with Crippen molar-refractivity contribution in [2.45, 2.75) is 20.8 Å². The Morgan fingerprint density at radius 3 is 2.19 bits per heavy atom. The van der Waals surface area contributed by atoms with Gasteiger partial charge in [-0.15, -0.1) is 0 Å². The Balaban J connectivity index is 1.69. The minimum atomic E-state index is -0.212. The average molecular weight is 361 g/mol. The Bertz CT molecular complexity index is 925. The normalized spacial score (nSPS) is 10.4. The Hall–Kier alpha value is -3.34. The lowest BCUT2D eigenvalue weighted by Gasteiger charge is -2.14. The quantitative estimate of drug-likeness (QED) is 0.670. The van der Waals surface area contributed by atoms with E-state index >= 15 is 0 Å². The van der Waals surface area contributed by atoms with Gasteiger partial charge in [0, 0.05) is 11.3 Å². The molecule has 0 fully saturated rings. The maximum Gasteiger partial charge on any atom is 0.256 e. The maximum absolute atomic E-state index is 12.3. The van der Waals surface area contributed by atoms with Crippen LogP contribution in [-0.2, 0) is 0 Å². The van der Waals surface area contributed by atoms with Gasteiger partial charge < -0.3 is 15.4 Å². The number of rotatable bonds is 5. The fourth-order valence-corrected chi connectivity index (χ4v) is 2.99. The molecule has 3 aromatic rings. The fraction of sp³-hybridized carbons (Fsp3) is 0.182. The second kappa shape index (κ2) is 7.91. The van der Waals surface area contributed by atoms with Gasteiger partial charge in [-0.2, -0.15) is 0 Å². The molecule has 5 nitrogen and oxygen atoms in total. The van der Waals surface area contributed by atoms with E-state index in [9.17, 15) is 4.79 Å². The van der Waals surface area contributed by atoms with Crippen molar-refractivity contribution in [1.29, 1.82) is 0 Å². The van der Waals surface area contributed by atoms with Crippen LogP contribution in [0.1, 0.15) is 27.0 Å². The number of hydrogen-bond donors (Lipinski definition) is 2. The molecule has 5 heteroatoms. The molecule has 0 aliphatic rings. The number of aromatic nitrogens is 1. The molecule has 138 valence electrons. The molecule has 0 saturated carbocycles. The summed E-state index contributed by atoms with van der Waals surface area (Å²) in [5, 5.41) is 6.20. The van der Waals surface area contributed by atoms with E-state index in [-0.39, 0.29) is 5.91 Å². The van der Waals surface area contributed by atoms with Crippen LogP contribution in [0.4, 0.5) is 17.2 Å². The van der Waals surface area contributed by atoms with Crippen LogP contribution in [0, 0.1) is 20.8 Å². The highest BCUT2D eigenvalue weighted by molar-refractivity contribution is 6.03. The molecule has 0 saturated heterocycles. The number of amides is 1. The van der Waals surface area contributed by atoms with Crippen molar-refractivity contribution in [2.24, 2.45) is 0 Å². The van der Waals surface area contributed by atoms with Gasteiger partial charge in [-0.05, 0) is 68.3 Å². The number of carbonyl (C=O) groups is 1. The molecule has 2 aromatic carbocycles. The summed E-state index contributed by atoms with van der Waals surface area (Å²) in [5.74, 6) is 0.997. The third-order valence-electron chi connectivity index (χ3n) is 4.30. The largest absolute Gasteiger partial charge is 0.497 e. The number of anilines is 3. The van der Waals surface area contributed by atoms with E-state index in [4.69, 9.17) is 4.74 Å². The van der Waals surface area contributed by atoms with E-state index < -0.39 is 0 Å².